The van der Waals surface area contributed by atoms with Gasteiger partial charge in [-0.1, -0.05) is 18.9 Å². The minimum absolute atomic E-state index is 1.06. The van der Waals surface area contributed by atoms with Crippen LogP contribution in [0.15, 0.2) is 16.9 Å². The van der Waals surface area contributed by atoms with Gasteiger partial charge in [-0.25, -0.2) is 0 Å². The predicted octanol–water partition coefficient (Wildman–Crippen LogP) is 2.63. The Morgan fingerprint density at radius 3 is 2.55 bits per heavy atom. The van der Waals surface area contributed by atoms with Crippen molar-refractivity contribution in [2.45, 2.75) is 33.6 Å². The lowest BCUT2D eigenvalue weighted by molar-refractivity contribution is 0.487. The molecule has 0 heterocycles. The van der Waals surface area contributed by atoms with Crippen molar-refractivity contribution in [2.75, 3.05) is 7.05 Å². The van der Waals surface area contributed by atoms with Crippen LogP contribution in [0.4, 0.5) is 0 Å². The average Bonchev–Trinajstić information content (AvgIpc) is 1.86. The molecule has 0 rings (SSSR count). The summed E-state index contributed by atoms with van der Waals surface area (Å²) < 4.78 is 0. The number of nitrogens with zero attached hydrogens (tertiary/aromatic N) is 2. The number of allylic oxidation sites excluding steroid dienone is 1. The highest BCUT2D eigenvalue weighted by molar-refractivity contribution is 5.56. The Bertz CT molecular complexity index is 144. The van der Waals surface area contributed by atoms with Gasteiger partial charge in [-0.15, -0.1) is 0 Å². The van der Waals surface area contributed by atoms with Crippen LogP contribution in [0.1, 0.15) is 33.6 Å². The Morgan fingerprint density at radius 2 is 2.09 bits per heavy atom. The second-order valence-electron chi connectivity index (χ2n) is 2.87. The van der Waals surface area contributed by atoms with Gasteiger partial charge in [-0.3, -0.25) is 5.01 Å². The van der Waals surface area contributed by atoms with Crippen LogP contribution >= 0.6 is 0 Å². The van der Waals surface area contributed by atoms with Crippen molar-refractivity contribution in [1.29, 1.82) is 0 Å². The molecule has 0 aromatic heterocycles. The zero-order chi connectivity index (χ0) is 8.69. The zero-order valence-electron chi connectivity index (χ0n) is 7.96. The fourth-order valence-electron chi connectivity index (χ4n) is 0.723. The SMILES string of the molecule is CCC/C=N\N(C)C=C(C)C. The minimum atomic E-state index is 1.06. The molecule has 0 aliphatic heterocycles. The van der Waals surface area contributed by atoms with E-state index >= 15 is 0 Å². The standard InChI is InChI=1S/C9H18N2/c1-5-6-7-10-11(4)8-9(2)3/h7-8H,5-6H2,1-4H3/b10-7-. The molecule has 0 saturated carbocycles. The van der Waals surface area contributed by atoms with E-state index in [9.17, 15) is 0 Å². The van der Waals surface area contributed by atoms with Gasteiger partial charge in [0.05, 0.1) is 0 Å². The molecule has 0 spiro atoms. The zero-order valence-corrected chi connectivity index (χ0v) is 7.96. The molecule has 0 atom stereocenters. The molecule has 0 aromatic rings. The monoisotopic (exact) mass is 154 g/mol. The van der Waals surface area contributed by atoms with Crippen LogP contribution in [0.25, 0.3) is 0 Å². The molecule has 0 radical (unpaired) electrons. The highest BCUT2D eigenvalue weighted by Gasteiger charge is 1.83. The summed E-state index contributed by atoms with van der Waals surface area (Å²) in [5, 5.41) is 6.02. The summed E-state index contributed by atoms with van der Waals surface area (Å²) >= 11 is 0. The molecule has 0 fully saturated rings. The lowest BCUT2D eigenvalue weighted by atomic mass is 10.4. The fraction of sp³-hybridized carbons (Fsp3) is 0.667. The van der Waals surface area contributed by atoms with Crippen LogP contribution in [-0.4, -0.2) is 18.3 Å². The topological polar surface area (TPSA) is 15.6 Å². The van der Waals surface area contributed by atoms with Crippen molar-refractivity contribution in [2.24, 2.45) is 5.10 Å². The Balaban J connectivity index is 3.68. The smallest absolute Gasteiger partial charge is 0.0296 e. The second kappa shape index (κ2) is 5.96. The summed E-state index contributed by atoms with van der Waals surface area (Å²) in [4.78, 5) is 0. The Hall–Kier alpha value is -0.790. The molecule has 0 N–H and O–H groups in total. The molecular weight excluding hydrogens is 136 g/mol. The molecule has 11 heavy (non-hydrogen) atoms. The maximum absolute atomic E-state index is 4.19. The van der Waals surface area contributed by atoms with Crippen molar-refractivity contribution in [3.63, 3.8) is 0 Å². The molecule has 0 aliphatic rings. The second-order valence-corrected chi connectivity index (χ2v) is 2.87. The van der Waals surface area contributed by atoms with Crippen LogP contribution in [0.3, 0.4) is 0 Å². The third-order valence-electron chi connectivity index (χ3n) is 1.13. The molecule has 0 saturated heterocycles. The van der Waals surface area contributed by atoms with Gasteiger partial charge in [-0.05, 0) is 20.3 Å². The van der Waals surface area contributed by atoms with E-state index in [0.717, 1.165) is 12.8 Å². The van der Waals surface area contributed by atoms with E-state index in [1.165, 1.54) is 5.57 Å². The molecular formula is C9H18N2. The molecule has 2 heteroatoms. The summed E-state index contributed by atoms with van der Waals surface area (Å²) in [5.74, 6) is 0. The molecule has 2 nitrogen and oxygen atoms in total. The largest absolute Gasteiger partial charge is 0.276 e. The van der Waals surface area contributed by atoms with Gasteiger partial charge in [0.1, 0.15) is 0 Å². The molecule has 64 valence electrons. The average molecular weight is 154 g/mol. The third kappa shape index (κ3) is 7.10. The predicted molar refractivity (Wildman–Crippen MR) is 50.6 cm³/mol. The first kappa shape index (κ1) is 10.2. The van der Waals surface area contributed by atoms with Crippen LogP contribution < -0.4 is 0 Å². The summed E-state index contributed by atoms with van der Waals surface area (Å²) in [6.45, 7) is 6.27. The summed E-state index contributed by atoms with van der Waals surface area (Å²) in [7, 11) is 1.94. The Morgan fingerprint density at radius 1 is 1.45 bits per heavy atom. The maximum atomic E-state index is 4.19. The summed E-state index contributed by atoms with van der Waals surface area (Å²) in [6.07, 6.45) is 6.17. The van der Waals surface area contributed by atoms with Crippen molar-refractivity contribution >= 4 is 6.21 Å². The van der Waals surface area contributed by atoms with Crippen LogP contribution in [-0.2, 0) is 0 Å². The lowest BCUT2D eigenvalue weighted by Crippen LogP contribution is -2.01. The lowest BCUT2D eigenvalue weighted by Gasteiger charge is -2.05. The number of hydrogen-bond acceptors (Lipinski definition) is 2. The quantitative estimate of drug-likeness (QED) is 0.449. The Labute approximate surface area is 69.6 Å². The van der Waals surface area contributed by atoms with Crippen LogP contribution in [0.5, 0.6) is 0 Å². The number of unbranched alkanes of at least 4 members (excludes halogenated alkanes) is 1. The van der Waals surface area contributed by atoms with Gasteiger partial charge in [-0.2, -0.15) is 5.10 Å². The first-order valence-corrected chi connectivity index (χ1v) is 4.07. The Kier molecular flexibility index (Phi) is 5.53. The summed E-state index contributed by atoms with van der Waals surface area (Å²) in [5.41, 5.74) is 1.26. The number of hydrazone groups is 1. The van der Waals surface area contributed by atoms with E-state index in [2.05, 4.69) is 25.9 Å². The van der Waals surface area contributed by atoms with Crippen molar-refractivity contribution < 1.29 is 0 Å². The van der Waals surface area contributed by atoms with E-state index in [4.69, 9.17) is 0 Å². The molecule has 0 aromatic carbocycles. The maximum Gasteiger partial charge on any atom is 0.0296 e. The van der Waals surface area contributed by atoms with E-state index in [1.807, 2.05) is 24.5 Å². The van der Waals surface area contributed by atoms with Gasteiger partial charge < -0.3 is 0 Å². The van der Waals surface area contributed by atoms with Gasteiger partial charge in [0.15, 0.2) is 0 Å². The fourth-order valence-corrected chi connectivity index (χ4v) is 0.723. The van der Waals surface area contributed by atoms with Crippen molar-refractivity contribution in [3.8, 4) is 0 Å². The molecule has 0 amide bonds. The van der Waals surface area contributed by atoms with Crippen LogP contribution in [0.2, 0.25) is 0 Å². The van der Waals surface area contributed by atoms with Crippen molar-refractivity contribution in [1.82, 2.24) is 5.01 Å². The van der Waals surface area contributed by atoms with E-state index < -0.39 is 0 Å². The highest BCUT2D eigenvalue weighted by atomic mass is 15.4. The first-order chi connectivity index (χ1) is 5.16. The van der Waals surface area contributed by atoms with Gasteiger partial charge in [0, 0.05) is 19.5 Å². The third-order valence-corrected chi connectivity index (χ3v) is 1.13. The van der Waals surface area contributed by atoms with Gasteiger partial charge >= 0.3 is 0 Å². The number of rotatable bonds is 4. The van der Waals surface area contributed by atoms with Crippen LogP contribution in [0, 0.1) is 0 Å². The molecule has 0 unspecified atom stereocenters. The summed E-state index contributed by atoms with van der Waals surface area (Å²) in [6, 6.07) is 0. The normalized spacial score (nSPS) is 10.2. The van der Waals surface area contributed by atoms with Gasteiger partial charge in [0.25, 0.3) is 0 Å². The van der Waals surface area contributed by atoms with E-state index in [1.54, 1.807) is 0 Å². The first-order valence-electron chi connectivity index (χ1n) is 4.07. The van der Waals surface area contributed by atoms with E-state index in [-0.39, 0.29) is 0 Å². The molecule has 0 bridgehead atoms. The molecule has 0 aliphatic carbocycles. The van der Waals surface area contributed by atoms with Gasteiger partial charge in [0.2, 0.25) is 0 Å². The van der Waals surface area contributed by atoms with Crippen molar-refractivity contribution in [3.05, 3.63) is 11.8 Å². The van der Waals surface area contributed by atoms with E-state index in [0.29, 0.717) is 0 Å². The minimum Gasteiger partial charge on any atom is -0.276 e. The number of hydrogen-bond donors (Lipinski definition) is 0. The highest BCUT2D eigenvalue weighted by Crippen LogP contribution is 1.93.